The molecule has 2 saturated heterocycles. The van der Waals surface area contributed by atoms with E-state index in [1.54, 1.807) is 18.2 Å². The van der Waals surface area contributed by atoms with Crippen molar-refractivity contribution in [2.24, 2.45) is 0 Å². The molecule has 4 rings (SSSR count). The summed E-state index contributed by atoms with van der Waals surface area (Å²) in [5.74, 6) is -1.50. The number of amides is 4. The fraction of sp³-hybridized carbons (Fsp3) is 0.677. The molecule has 0 aliphatic carbocycles. The van der Waals surface area contributed by atoms with E-state index < -0.39 is 11.9 Å². The van der Waals surface area contributed by atoms with Gasteiger partial charge in [0.25, 0.3) is 5.91 Å². The van der Waals surface area contributed by atoms with Crippen LogP contribution in [0, 0.1) is 0 Å². The van der Waals surface area contributed by atoms with Gasteiger partial charge in [0.1, 0.15) is 12.6 Å². The fourth-order valence-electron chi connectivity index (χ4n) is 5.28. The average molecular weight is 650 g/mol. The van der Waals surface area contributed by atoms with E-state index in [9.17, 15) is 19.2 Å². The molecular weight excluding hydrogens is 602 g/mol. The van der Waals surface area contributed by atoms with Gasteiger partial charge in [0.2, 0.25) is 17.7 Å². The molecule has 3 heterocycles. The topological polar surface area (TPSA) is 166 Å². The van der Waals surface area contributed by atoms with Crippen molar-refractivity contribution in [3.05, 3.63) is 29.3 Å². The Morgan fingerprint density at radius 1 is 0.804 bits per heavy atom. The van der Waals surface area contributed by atoms with Crippen molar-refractivity contribution in [2.75, 3.05) is 117 Å². The highest BCUT2D eigenvalue weighted by Crippen LogP contribution is 2.32. The van der Waals surface area contributed by atoms with E-state index in [1.807, 2.05) is 0 Å². The number of anilines is 1. The van der Waals surface area contributed by atoms with Crippen LogP contribution in [0.1, 0.15) is 28.8 Å². The first kappa shape index (κ1) is 35.8. The monoisotopic (exact) mass is 649 g/mol. The number of nitrogens with one attached hydrogen (secondary N) is 3. The SMILES string of the molecule is O=C1CCC(N2Cc3c(NC(=O)COCCOCCOCCOCCOCCOCCN4CCNCC4)cccc3C2=O)C(=O)N1. The van der Waals surface area contributed by atoms with Gasteiger partial charge in [-0.05, 0) is 18.6 Å². The first-order chi connectivity index (χ1) is 22.5. The maximum Gasteiger partial charge on any atom is 0.255 e. The van der Waals surface area contributed by atoms with Crippen molar-refractivity contribution >= 4 is 29.3 Å². The molecule has 3 aliphatic rings. The van der Waals surface area contributed by atoms with Crippen LogP contribution in [0.25, 0.3) is 0 Å². The van der Waals surface area contributed by atoms with Crippen LogP contribution in [0.3, 0.4) is 0 Å². The Morgan fingerprint density at radius 3 is 2.00 bits per heavy atom. The Kier molecular flexibility index (Phi) is 15.8. The van der Waals surface area contributed by atoms with Crippen LogP contribution in [-0.4, -0.2) is 151 Å². The second kappa shape index (κ2) is 20.3. The van der Waals surface area contributed by atoms with Crippen molar-refractivity contribution in [1.29, 1.82) is 0 Å². The number of nitrogens with zero attached hydrogens (tertiary/aromatic N) is 2. The lowest BCUT2D eigenvalue weighted by Crippen LogP contribution is -2.52. The number of imide groups is 1. The molecule has 0 bridgehead atoms. The molecule has 3 N–H and O–H groups in total. The minimum atomic E-state index is -0.720. The largest absolute Gasteiger partial charge is 0.378 e. The molecule has 256 valence electrons. The minimum absolute atomic E-state index is 0.169. The van der Waals surface area contributed by atoms with Crippen LogP contribution in [-0.2, 0) is 49.3 Å². The molecule has 15 nitrogen and oxygen atoms in total. The molecule has 0 aromatic heterocycles. The Labute approximate surface area is 269 Å². The molecule has 1 aromatic rings. The molecule has 0 saturated carbocycles. The van der Waals surface area contributed by atoms with E-state index in [4.69, 9.17) is 28.4 Å². The van der Waals surface area contributed by atoms with Crippen molar-refractivity contribution in [3.63, 3.8) is 0 Å². The zero-order chi connectivity index (χ0) is 32.4. The normalized spacial score (nSPS) is 18.6. The third-order valence-corrected chi connectivity index (χ3v) is 7.71. The second-order valence-corrected chi connectivity index (χ2v) is 11.0. The van der Waals surface area contributed by atoms with E-state index in [-0.39, 0.29) is 50.3 Å². The summed E-state index contributed by atoms with van der Waals surface area (Å²) < 4.78 is 33.0. The summed E-state index contributed by atoms with van der Waals surface area (Å²) in [6.45, 7) is 10.3. The smallest absolute Gasteiger partial charge is 0.255 e. The summed E-state index contributed by atoms with van der Waals surface area (Å²) in [6, 6.07) is 4.32. The molecule has 0 spiro atoms. The summed E-state index contributed by atoms with van der Waals surface area (Å²) in [4.78, 5) is 53.0. The molecule has 1 atom stereocenters. The lowest BCUT2D eigenvalue weighted by Gasteiger charge is -2.29. The number of carbonyl (C=O) groups excluding carboxylic acids is 4. The standard InChI is InChI=1S/C31H47N5O10/c37-28-5-4-27(30(39)34-28)36-22-25-24(31(36)40)2-1-3-26(25)33-29(38)23-46-21-20-45-19-18-44-17-16-43-15-14-42-13-12-41-11-10-35-8-6-32-7-9-35/h1-3,27,32H,4-23H2,(H,33,38)(H,34,37,39). The average Bonchev–Trinajstić information content (AvgIpc) is 3.39. The summed E-state index contributed by atoms with van der Waals surface area (Å²) in [6.07, 6.45) is 0.447. The highest BCUT2D eigenvalue weighted by atomic mass is 16.6. The molecule has 15 heteroatoms. The minimum Gasteiger partial charge on any atom is -0.378 e. The summed E-state index contributed by atoms with van der Waals surface area (Å²) in [5.41, 5.74) is 1.54. The Balaban J connectivity index is 0.935. The van der Waals surface area contributed by atoms with Gasteiger partial charge in [0.05, 0.1) is 72.7 Å². The predicted octanol–water partition coefficient (Wildman–Crippen LogP) is -0.609. The van der Waals surface area contributed by atoms with Crippen LogP contribution in [0.4, 0.5) is 5.69 Å². The maximum absolute atomic E-state index is 12.9. The van der Waals surface area contributed by atoms with Crippen LogP contribution in [0.15, 0.2) is 18.2 Å². The fourth-order valence-corrected chi connectivity index (χ4v) is 5.28. The zero-order valence-electron chi connectivity index (χ0n) is 26.4. The van der Waals surface area contributed by atoms with E-state index in [0.29, 0.717) is 76.3 Å². The number of carbonyl (C=O) groups is 4. The number of ether oxygens (including phenoxy) is 6. The van der Waals surface area contributed by atoms with Gasteiger partial charge in [0.15, 0.2) is 0 Å². The van der Waals surface area contributed by atoms with Crippen molar-refractivity contribution in [3.8, 4) is 0 Å². The van der Waals surface area contributed by atoms with Gasteiger partial charge < -0.3 is 44.0 Å². The molecule has 1 aromatic carbocycles. The van der Waals surface area contributed by atoms with E-state index >= 15 is 0 Å². The molecule has 0 radical (unpaired) electrons. The quantitative estimate of drug-likeness (QED) is 0.108. The number of hydrogen-bond acceptors (Lipinski definition) is 12. The van der Waals surface area contributed by atoms with Gasteiger partial charge in [-0.1, -0.05) is 6.07 Å². The van der Waals surface area contributed by atoms with Gasteiger partial charge in [-0.3, -0.25) is 29.4 Å². The zero-order valence-corrected chi connectivity index (χ0v) is 26.4. The number of benzene rings is 1. The highest BCUT2D eigenvalue weighted by molar-refractivity contribution is 6.06. The molecule has 4 amide bonds. The highest BCUT2D eigenvalue weighted by Gasteiger charge is 2.40. The molecule has 3 aliphatic heterocycles. The van der Waals surface area contributed by atoms with Gasteiger partial charge in [0, 0.05) is 62.5 Å². The Morgan fingerprint density at radius 2 is 1.39 bits per heavy atom. The third-order valence-electron chi connectivity index (χ3n) is 7.71. The third kappa shape index (κ3) is 12.0. The second-order valence-electron chi connectivity index (χ2n) is 11.0. The summed E-state index contributed by atoms with van der Waals surface area (Å²) in [5, 5.41) is 8.40. The van der Waals surface area contributed by atoms with Crippen LogP contribution in [0.5, 0.6) is 0 Å². The van der Waals surface area contributed by atoms with Crippen LogP contribution in [0.2, 0.25) is 0 Å². The Bertz CT molecular complexity index is 1130. The number of hydrogen-bond donors (Lipinski definition) is 3. The van der Waals surface area contributed by atoms with Crippen molar-refractivity contribution in [2.45, 2.75) is 25.4 Å². The van der Waals surface area contributed by atoms with E-state index in [0.717, 1.165) is 39.3 Å². The van der Waals surface area contributed by atoms with Gasteiger partial charge in [-0.25, -0.2) is 0 Å². The van der Waals surface area contributed by atoms with Gasteiger partial charge >= 0.3 is 0 Å². The summed E-state index contributed by atoms with van der Waals surface area (Å²) in [7, 11) is 0. The lowest BCUT2D eigenvalue weighted by molar-refractivity contribution is -0.137. The molecule has 46 heavy (non-hydrogen) atoms. The first-order valence-electron chi connectivity index (χ1n) is 16.0. The molecular formula is C31H47N5O10. The number of rotatable bonds is 22. The van der Waals surface area contributed by atoms with Gasteiger partial charge in [-0.2, -0.15) is 0 Å². The number of fused-ring (bicyclic) bond motifs is 1. The van der Waals surface area contributed by atoms with Crippen LogP contribution >= 0.6 is 0 Å². The number of piperidine rings is 1. The van der Waals surface area contributed by atoms with E-state index in [2.05, 4.69) is 20.9 Å². The predicted molar refractivity (Wildman–Crippen MR) is 165 cm³/mol. The summed E-state index contributed by atoms with van der Waals surface area (Å²) >= 11 is 0. The van der Waals surface area contributed by atoms with Crippen molar-refractivity contribution < 1.29 is 47.6 Å². The Hall–Kier alpha value is -3.02. The lowest BCUT2D eigenvalue weighted by atomic mass is 10.0. The maximum atomic E-state index is 12.9. The molecule has 2 fully saturated rings. The first-order valence-corrected chi connectivity index (χ1v) is 16.0. The number of piperazine rings is 1. The van der Waals surface area contributed by atoms with Crippen LogP contribution < -0.4 is 16.0 Å². The molecule has 1 unspecified atom stereocenters. The van der Waals surface area contributed by atoms with Crippen molar-refractivity contribution in [1.82, 2.24) is 20.4 Å². The van der Waals surface area contributed by atoms with E-state index in [1.165, 1.54) is 4.90 Å². The van der Waals surface area contributed by atoms with Gasteiger partial charge in [-0.15, -0.1) is 0 Å².